The molecule has 1 amide bonds. The molecular weight excluding hydrogens is 308 g/mol. The molecule has 1 aliphatic heterocycles. The van der Waals surface area contributed by atoms with E-state index in [1.165, 1.54) is 11.8 Å². The van der Waals surface area contributed by atoms with E-state index >= 15 is 0 Å². The molecule has 1 aliphatic rings. The molecule has 0 bridgehead atoms. The van der Waals surface area contributed by atoms with Gasteiger partial charge in [0.25, 0.3) is 0 Å². The molecule has 1 aromatic carbocycles. The number of rotatable bonds is 4. The van der Waals surface area contributed by atoms with Crippen LogP contribution in [0.15, 0.2) is 47.6 Å². The van der Waals surface area contributed by atoms with E-state index in [-0.39, 0.29) is 16.9 Å². The van der Waals surface area contributed by atoms with Crippen molar-refractivity contribution in [3.8, 4) is 0 Å². The number of hydrogen-bond donors (Lipinski definition) is 0. The van der Waals surface area contributed by atoms with Gasteiger partial charge in [0.05, 0.1) is 10.3 Å². The third-order valence-corrected chi connectivity index (χ3v) is 4.99. The molecular formula is C18H18N2O2S. The van der Waals surface area contributed by atoms with Gasteiger partial charge >= 0.3 is 0 Å². The lowest BCUT2D eigenvalue weighted by atomic mass is 10.0. The van der Waals surface area contributed by atoms with Gasteiger partial charge in [-0.2, -0.15) is 0 Å². The van der Waals surface area contributed by atoms with Gasteiger partial charge in [-0.15, -0.1) is 0 Å². The minimum absolute atomic E-state index is 0.0434. The van der Waals surface area contributed by atoms with Crippen LogP contribution in [0.3, 0.4) is 0 Å². The number of benzene rings is 1. The zero-order chi connectivity index (χ0) is 16.4. The second kappa shape index (κ2) is 6.54. The van der Waals surface area contributed by atoms with Crippen molar-refractivity contribution < 1.29 is 9.59 Å². The molecule has 0 N–H and O–H groups in total. The average Bonchev–Trinajstić information content (AvgIpc) is 2.98. The molecule has 23 heavy (non-hydrogen) atoms. The van der Waals surface area contributed by atoms with Crippen LogP contribution in [0.1, 0.15) is 29.8 Å². The SMILES string of the molecule is CC(=O)N1CCc2cc(C(=O)C(C)Sc3ccccn3)ccc21. The minimum Gasteiger partial charge on any atom is -0.312 e. The summed E-state index contributed by atoms with van der Waals surface area (Å²) in [6.45, 7) is 4.16. The topological polar surface area (TPSA) is 50.3 Å². The second-order valence-corrected chi connectivity index (χ2v) is 6.92. The number of amides is 1. The van der Waals surface area contributed by atoms with Crippen LogP contribution in [0.4, 0.5) is 5.69 Å². The molecule has 118 valence electrons. The summed E-state index contributed by atoms with van der Waals surface area (Å²) in [5, 5.41) is 0.644. The van der Waals surface area contributed by atoms with Crippen LogP contribution in [0.2, 0.25) is 0 Å². The van der Waals surface area contributed by atoms with E-state index in [4.69, 9.17) is 0 Å². The molecule has 0 aliphatic carbocycles. The number of carbonyl (C=O) groups is 2. The number of thioether (sulfide) groups is 1. The maximum atomic E-state index is 12.6. The van der Waals surface area contributed by atoms with Gasteiger partial charge in [-0.05, 0) is 49.2 Å². The van der Waals surface area contributed by atoms with Gasteiger partial charge in [-0.25, -0.2) is 4.98 Å². The number of Topliss-reactive ketones (excluding diaryl/α,β-unsaturated/α-hetero) is 1. The lowest BCUT2D eigenvalue weighted by molar-refractivity contribution is -0.116. The smallest absolute Gasteiger partial charge is 0.223 e. The summed E-state index contributed by atoms with van der Waals surface area (Å²) in [5.74, 6) is 0.131. The number of ketones is 1. The van der Waals surface area contributed by atoms with E-state index in [0.29, 0.717) is 12.1 Å². The van der Waals surface area contributed by atoms with Crippen LogP contribution in [0, 0.1) is 0 Å². The summed E-state index contributed by atoms with van der Waals surface area (Å²) < 4.78 is 0. The number of aromatic nitrogens is 1. The van der Waals surface area contributed by atoms with Crippen molar-refractivity contribution in [3.63, 3.8) is 0 Å². The molecule has 0 spiro atoms. The quantitative estimate of drug-likeness (QED) is 0.638. The van der Waals surface area contributed by atoms with Gasteiger partial charge in [-0.1, -0.05) is 17.8 Å². The maximum Gasteiger partial charge on any atom is 0.223 e. The molecule has 1 atom stereocenters. The van der Waals surface area contributed by atoms with Crippen LogP contribution in [-0.4, -0.2) is 28.5 Å². The fourth-order valence-electron chi connectivity index (χ4n) is 2.77. The Hall–Kier alpha value is -2.14. The van der Waals surface area contributed by atoms with Gasteiger partial charge < -0.3 is 4.90 Å². The summed E-state index contributed by atoms with van der Waals surface area (Å²) in [6.07, 6.45) is 2.53. The monoisotopic (exact) mass is 326 g/mol. The highest BCUT2D eigenvalue weighted by atomic mass is 32.2. The van der Waals surface area contributed by atoms with Crippen molar-refractivity contribution in [2.75, 3.05) is 11.4 Å². The van der Waals surface area contributed by atoms with E-state index in [1.807, 2.05) is 43.3 Å². The van der Waals surface area contributed by atoms with Crippen molar-refractivity contribution in [1.82, 2.24) is 4.98 Å². The first-order valence-corrected chi connectivity index (χ1v) is 8.47. The van der Waals surface area contributed by atoms with Crippen LogP contribution in [-0.2, 0) is 11.2 Å². The van der Waals surface area contributed by atoms with Gasteiger partial charge in [0, 0.05) is 30.9 Å². The molecule has 0 saturated heterocycles. The number of carbonyl (C=O) groups excluding carboxylic acids is 2. The van der Waals surface area contributed by atoms with Crippen LogP contribution in [0.25, 0.3) is 0 Å². The third kappa shape index (κ3) is 3.29. The Morgan fingerprint density at radius 1 is 1.26 bits per heavy atom. The number of hydrogen-bond acceptors (Lipinski definition) is 4. The highest BCUT2D eigenvalue weighted by Crippen LogP contribution is 2.30. The average molecular weight is 326 g/mol. The first kappa shape index (κ1) is 15.7. The summed E-state index contributed by atoms with van der Waals surface area (Å²) in [5.41, 5.74) is 2.70. The van der Waals surface area contributed by atoms with Crippen molar-refractivity contribution >= 4 is 29.1 Å². The molecule has 1 unspecified atom stereocenters. The Kier molecular flexibility index (Phi) is 4.48. The van der Waals surface area contributed by atoms with E-state index in [2.05, 4.69) is 4.98 Å². The van der Waals surface area contributed by atoms with Crippen molar-refractivity contribution in [2.45, 2.75) is 30.5 Å². The van der Waals surface area contributed by atoms with Crippen molar-refractivity contribution in [1.29, 1.82) is 0 Å². The predicted molar refractivity (Wildman–Crippen MR) is 92.1 cm³/mol. The molecule has 0 radical (unpaired) electrons. The first-order valence-electron chi connectivity index (χ1n) is 7.59. The molecule has 4 nitrogen and oxygen atoms in total. The Labute approximate surface area is 139 Å². The largest absolute Gasteiger partial charge is 0.312 e. The van der Waals surface area contributed by atoms with Gasteiger partial charge in [0.2, 0.25) is 5.91 Å². The van der Waals surface area contributed by atoms with E-state index in [0.717, 1.165) is 22.7 Å². The van der Waals surface area contributed by atoms with Gasteiger partial charge in [0.15, 0.2) is 5.78 Å². The third-order valence-electron chi connectivity index (χ3n) is 3.94. The highest BCUT2D eigenvalue weighted by molar-refractivity contribution is 8.00. The number of nitrogens with zero attached hydrogens (tertiary/aromatic N) is 2. The van der Waals surface area contributed by atoms with Crippen LogP contribution < -0.4 is 4.90 Å². The Morgan fingerprint density at radius 2 is 2.09 bits per heavy atom. The standard InChI is InChI=1S/C18H18N2O2S/c1-12(23-17-5-3-4-9-19-17)18(22)15-6-7-16-14(11-15)8-10-20(16)13(2)21/h3-7,9,11-12H,8,10H2,1-2H3. The Balaban J connectivity index is 1.77. The number of pyridine rings is 1. The van der Waals surface area contributed by atoms with Crippen molar-refractivity contribution in [2.24, 2.45) is 0 Å². The molecule has 0 saturated carbocycles. The summed E-state index contributed by atoms with van der Waals surface area (Å²) >= 11 is 1.46. The molecule has 3 rings (SSSR count). The zero-order valence-corrected chi connectivity index (χ0v) is 14.0. The fraction of sp³-hybridized carbons (Fsp3) is 0.278. The van der Waals surface area contributed by atoms with Crippen molar-refractivity contribution in [3.05, 3.63) is 53.7 Å². The summed E-state index contributed by atoms with van der Waals surface area (Å²) in [6, 6.07) is 11.3. The fourth-order valence-corrected chi connectivity index (χ4v) is 3.65. The normalized spacial score (nSPS) is 14.4. The Morgan fingerprint density at radius 3 is 2.78 bits per heavy atom. The molecule has 5 heteroatoms. The number of fused-ring (bicyclic) bond motifs is 1. The minimum atomic E-state index is -0.201. The maximum absolute atomic E-state index is 12.6. The zero-order valence-electron chi connectivity index (χ0n) is 13.2. The predicted octanol–water partition coefficient (Wildman–Crippen LogP) is 3.35. The van der Waals surface area contributed by atoms with E-state index in [1.54, 1.807) is 18.0 Å². The second-order valence-electron chi connectivity index (χ2n) is 5.56. The summed E-state index contributed by atoms with van der Waals surface area (Å²) in [7, 11) is 0. The lowest BCUT2D eigenvalue weighted by Gasteiger charge is -2.15. The van der Waals surface area contributed by atoms with Crippen LogP contribution in [0.5, 0.6) is 0 Å². The molecule has 2 heterocycles. The molecule has 1 aromatic heterocycles. The van der Waals surface area contributed by atoms with E-state index < -0.39 is 0 Å². The Bertz CT molecular complexity index is 746. The summed E-state index contributed by atoms with van der Waals surface area (Å²) in [4.78, 5) is 30.2. The molecule has 2 aromatic rings. The van der Waals surface area contributed by atoms with Gasteiger partial charge in [0.1, 0.15) is 0 Å². The lowest BCUT2D eigenvalue weighted by Crippen LogP contribution is -2.25. The highest BCUT2D eigenvalue weighted by Gasteiger charge is 2.24. The van der Waals surface area contributed by atoms with Gasteiger partial charge in [-0.3, -0.25) is 9.59 Å². The van der Waals surface area contributed by atoms with E-state index in [9.17, 15) is 9.59 Å². The van der Waals surface area contributed by atoms with Crippen LogP contribution >= 0.6 is 11.8 Å². The number of anilines is 1. The molecule has 0 fully saturated rings. The first-order chi connectivity index (χ1) is 11.1.